The zero-order chi connectivity index (χ0) is 20.1. The van der Waals surface area contributed by atoms with Crippen molar-refractivity contribution in [2.45, 2.75) is 6.54 Å². The topological polar surface area (TPSA) is 44.8 Å². The molecular formula is C22H26ClN3O2S. The molecule has 0 bridgehead atoms. The van der Waals surface area contributed by atoms with Gasteiger partial charge in [-0.25, -0.2) is 0 Å². The lowest BCUT2D eigenvalue weighted by Crippen LogP contribution is -2.35. The second-order valence-corrected chi connectivity index (χ2v) is 8.94. The summed E-state index contributed by atoms with van der Waals surface area (Å²) >= 11 is 8.48. The zero-order valence-electron chi connectivity index (χ0n) is 16.4. The number of halogens is 1. The predicted octanol–water partition coefficient (Wildman–Crippen LogP) is 3.98. The maximum absolute atomic E-state index is 12.8. The maximum Gasteiger partial charge on any atom is 0.255 e. The van der Waals surface area contributed by atoms with E-state index in [2.05, 4.69) is 21.2 Å². The quantitative estimate of drug-likeness (QED) is 0.775. The Hall–Kier alpha value is -1.73. The van der Waals surface area contributed by atoms with Crippen LogP contribution in [0.4, 0.5) is 11.4 Å². The average molecular weight is 432 g/mol. The summed E-state index contributed by atoms with van der Waals surface area (Å²) in [6.45, 7) is 6.24. The molecule has 0 aromatic heterocycles. The summed E-state index contributed by atoms with van der Waals surface area (Å²) in [4.78, 5) is 17.4. The van der Waals surface area contributed by atoms with Crippen LogP contribution in [-0.4, -0.2) is 61.7 Å². The minimum absolute atomic E-state index is 0.119. The third-order valence-electron chi connectivity index (χ3n) is 5.26. The molecule has 7 heteroatoms. The number of benzene rings is 2. The van der Waals surface area contributed by atoms with Crippen molar-refractivity contribution in [1.82, 2.24) is 4.90 Å². The van der Waals surface area contributed by atoms with Crippen molar-refractivity contribution in [3.05, 3.63) is 58.6 Å². The van der Waals surface area contributed by atoms with E-state index in [0.717, 1.165) is 68.7 Å². The molecule has 2 aliphatic heterocycles. The van der Waals surface area contributed by atoms with E-state index in [1.165, 1.54) is 0 Å². The maximum atomic E-state index is 12.8. The molecule has 154 valence electrons. The number of ether oxygens (including phenoxy) is 1. The molecule has 0 spiro atoms. The summed E-state index contributed by atoms with van der Waals surface area (Å²) in [6.07, 6.45) is 0. The van der Waals surface area contributed by atoms with Gasteiger partial charge < -0.3 is 15.0 Å². The molecule has 0 aliphatic carbocycles. The summed E-state index contributed by atoms with van der Waals surface area (Å²) in [6, 6.07) is 13.6. The monoisotopic (exact) mass is 431 g/mol. The highest BCUT2D eigenvalue weighted by Crippen LogP contribution is 2.30. The Morgan fingerprint density at radius 2 is 1.86 bits per heavy atom. The normalized spacial score (nSPS) is 17.9. The first-order valence-corrected chi connectivity index (χ1v) is 11.5. The van der Waals surface area contributed by atoms with E-state index in [9.17, 15) is 4.79 Å². The van der Waals surface area contributed by atoms with Crippen molar-refractivity contribution in [1.29, 1.82) is 0 Å². The van der Waals surface area contributed by atoms with Crippen LogP contribution in [0.15, 0.2) is 42.5 Å². The highest BCUT2D eigenvalue weighted by Gasteiger charge is 2.16. The van der Waals surface area contributed by atoms with Gasteiger partial charge in [0.15, 0.2) is 0 Å². The fourth-order valence-electron chi connectivity index (χ4n) is 3.68. The molecule has 2 aromatic carbocycles. The molecule has 5 nitrogen and oxygen atoms in total. The molecule has 0 radical (unpaired) electrons. The first-order valence-electron chi connectivity index (χ1n) is 10.0. The Labute approximate surface area is 181 Å². The number of rotatable bonds is 5. The number of carbonyl (C=O) groups excluding carboxylic acids is 1. The van der Waals surface area contributed by atoms with Crippen LogP contribution in [0, 0.1) is 0 Å². The van der Waals surface area contributed by atoms with Crippen molar-refractivity contribution in [2.75, 3.05) is 61.1 Å². The van der Waals surface area contributed by atoms with Crippen LogP contribution in [-0.2, 0) is 11.3 Å². The highest BCUT2D eigenvalue weighted by atomic mass is 35.5. The number of carbonyl (C=O) groups is 1. The van der Waals surface area contributed by atoms with Crippen LogP contribution in [0.25, 0.3) is 0 Å². The van der Waals surface area contributed by atoms with Gasteiger partial charge in [-0.05, 0) is 35.9 Å². The third-order valence-corrected chi connectivity index (χ3v) is 6.50. The Kier molecular flexibility index (Phi) is 6.98. The van der Waals surface area contributed by atoms with Crippen molar-refractivity contribution in [3.8, 4) is 0 Å². The number of nitrogens with zero attached hydrogens (tertiary/aromatic N) is 2. The molecule has 2 aromatic rings. The Morgan fingerprint density at radius 3 is 2.62 bits per heavy atom. The molecule has 1 amide bonds. The van der Waals surface area contributed by atoms with Crippen LogP contribution < -0.4 is 10.2 Å². The summed E-state index contributed by atoms with van der Waals surface area (Å²) in [7, 11) is 0. The fourth-order valence-corrected chi connectivity index (χ4v) is 4.88. The van der Waals surface area contributed by atoms with Crippen molar-refractivity contribution < 1.29 is 9.53 Å². The number of nitrogens with one attached hydrogen (secondary N) is 1. The molecule has 4 rings (SSSR count). The molecule has 2 fully saturated rings. The third kappa shape index (κ3) is 5.45. The summed E-state index contributed by atoms with van der Waals surface area (Å²) in [5, 5.41) is 3.66. The number of hydrogen-bond donors (Lipinski definition) is 1. The molecular weight excluding hydrogens is 406 g/mol. The molecule has 1 N–H and O–H groups in total. The van der Waals surface area contributed by atoms with Crippen molar-refractivity contribution in [2.24, 2.45) is 0 Å². The van der Waals surface area contributed by atoms with E-state index in [1.54, 1.807) is 0 Å². The lowest BCUT2D eigenvalue weighted by Gasteiger charge is -2.29. The predicted molar refractivity (Wildman–Crippen MR) is 121 cm³/mol. The van der Waals surface area contributed by atoms with Gasteiger partial charge in [-0.2, -0.15) is 11.8 Å². The lowest BCUT2D eigenvalue weighted by molar-refractivity contribution is 0.0342. The number of anilines is 2. The zero-order valence-corrected chi connectivity index (χ0v) is 18.0. The van der Waals surface area contributed by atoms with Crippen molar-refractivity contribution >= 4 is 40.6 Å². The second kappa shape index (κ2) is 9.85. The number of morpholine rings is 1. The van der Waals surface area contributed by atoms with Gasteiger partial charge in [-0.3, -0.25) is 9.69 Å². The molecule has 0 unspecified atom stereocenters. The van der Waals surface area contributed by atoms with Crippen LogP contribution in [0.2, 0.25) is 5.02 Å². The van der Waals surface area contributed by atoms with Gasteiger partial charge in [-0.1, -0.05) is 23.7 Å². The highest BCUT2D eigenvalue weighted by molar-refractivity contribution is 7.99. The summed E-state index contributed by atoms with van der Waals surface area (Å²) in [5.41, 5.74) is 3.55. The molecule has 29 heavy (non-hydrogen) atoms. The average Bonchev–Trinajstić information content (AvgIpc) is 2.75. The fraction of sp³-hybridized carbons (Fsp3) is 0.409. The Bertz CT molecular complexity index is 852. The van der Waals surface area contributed by atoms with Crippen LogP contribution in [0.1, 0.15) is 15.9 Å². The standard InChI is InChI=1S/C22H26ClN3O2S/c23-20-15-19(4-5-21(20)26-8-12-29-13-9-26)24-22(27)18-3-1-2-17(14-18)16-25-6-10-28-11-7-25/h1-5,14-15H,6-13,16H2,(H,24,27). The first-order chi connectivity index (χ1) is 14.2. The van der Waals surface area contributed by atoms with Gasteiger partial charge in [0.2, 0.25) is 0 Å². The summed E-state index contributed by atoms with van der Waals surface area (Å²) < 4.78 is 5.40. The SMILES string of the molecule is O=C(Nc1ccc(N2CCSCC2)c(Cl)c1)c1cccc(CN2CCOCC2)c1. The van der Waals surface area contributed by atoms with Gasteiger partial charge >= 0.3 is 0 Å². The molecule has 0 saturated carbocycles. The smallest absolute Gasteiger partial charge is 0.255 e. The second-order valence-electron chi connectivity index (χ2n) is 7.31. The van der Waals surface area contributed by atoms with E-state index >= 15 is 0 Å². The molecule has 2 saturated heterocycles. The van der Waals surface area contributed by atoms with Gasteiger partial charge in [-0.15, -0.1) is 0 Å². The van der Waals surface area contributed by atoms with E-state index in [-0.39, 0.29) is 5.91 Å². The minimum Gasteiger partial charge on any atom is -0.379 e. The van der Waals surface area contributed by atoms with E-state index < -0.39 is 0 Å². The van der Waals surface area contributed by atoms with Crippen LogP contribution in [0.5, 0.6) is 0 Å². The number of hydrogen-bond acceptors (Lipinski definition) is 5. The summed E-state index contributed by atoms with van der Waals surface area (Å²) in [5.74, 6) is 2.12. The molecule has 2 aliphatic rings. The first kappa shape index (κ1) is 20.5. The van der Waals surface area contributed by atoms with Crippen LogP contribution >= 0.6 is 23.4 Å². The van der Waals surface area contributed by atoms with E-state index in [4.69, 9.17) is 16.3 Å². The number of amides is 1. The Morgan fingerprint density at radius 1 is 1.07 bits per heavy atom. The number of thioether (sulfide) groups is 1. The van der Waals surface area contributed by atoms with Crippen molar-refractivity contribution in [3.63, 3.8) is 0 Å². The van der Waals surface area contributed by atoms with Gasteiger partial charge in [0, 0.05) is 55.5 Å². The van der Waals surface area contributed by atoms with E-state index in [0.29, 0.717) is 16.3 Å². The lowest BCUT2D eigenvalue weighted by atomic mass is 10.1. The molecule has 2 heterocycles. The van der Waals surface area contributed by atoms with Crippen LogP contribution in [0.3, 0.4) is 0 Å². The largest absolute Gasteiger partial charge is 0.379 e. The van der Waals surface area contributed by atoms with Gasteiger partial charge in [0.05, 0.1) is 23.9 Å². The minimum atomic E-state index is -0.119. The van der Waals surface area contributed by atoms with Gasteiger partial charge in [0.25, 0.3) is 5.91 Å². The Balaban J connectivity index is 1.41. The van der Waals surface area contributed by atoms with Gasteiger partial charge in [0.1, 0.15) is 0 Å². The van der Waals surface area contributed by atoms with E-state index in [1.807, 2.05) is 48.2 Å². The molecule has 0 atom stereocenters.